The summed E-state index contributed by atoms with van der Waals surface area (Å²) < 4.78 is 5.45. The number of carbonyl (C=O) groups excluding carboxylic acids is 1. The van der Waals surface area contributed by atoms with Crippen LogP contribution in [0.2, 0.25) is 5.02 Å². The van der Waals surface area contributed by atoms with E-state index in [2.05, 4.69) is 5.32 Å². The van der Waals surface area contributed by atoms with Crippen molar-refractivity contribution < 1.29 is 50.4 Å². The Labute approximate surface area is 181 Å². The van der Waals surface area contributed by atoms with Crippen LogP contribution < -0.4 is 39.6 Å². The number of ether oxygens (including phenoxy) is 1. The van der Waals surface area contributed by atoms with Crippen LogP contribution in [0.5, 0.6) is 5.75 Å². The Kier molecular flexibility index (Phi) is 8.63. The fourth-order valence-electron chi connectivity index (χ4n) is 2.09. The number of nitrogens with one attached hydrogen (secondary N) is 1. The molecule has 0 spiro atoms. The molecule has 2 aromatic carbocycles. The van der Waals surface area contributed by atoms with Gasteiger partial charge >= 0.3 is 35.5 Å². The summed E-state index contributed by atoms with van der Waals surface area (Å²) in [5.74, 6) is -0.692. The van der Waals surface area contributed by atoms with E-state index in [0.29, 0.717) is 29.3 Å². The average Bonchev–Trinajstić information content (AvgIpc) is 2.56. The summed E-state index contributed by atoms with van der Waals surface area (Å²) in [6, 6.07) is 13.8. The summed E-state index contributed by atoms with van der Waals surface area (Å²) in [5, 5.41) is 12.5. The molecule has 0 aliphatic carbocycles. The molecule has 7 heteroatoms. The number of benzene rings is 2. The minimum absolute atomic E-state index is 0. The minimum Gasteiger partial charge on any atom is -1.00 e. The molecular weight excluding hydrogens is 365 g/mol. The molecule has 0 saturated carbocycles. The second-order valence-corrected chi connectivity index (χ2v) is 6.51. The molecule has 0 aromatic heterocycles. The zero-order valence-corrected chi connectivity index (χ0v) is 17.8. The Hall–Kier alpha value is -1.53. The Bertz CT molecular complexity index is 751. The Morgan fingerprint density at radius 3 is 2.23 bits per heavy atom. The maximum atomic E-state index is 12.0. The van der Waals surface area contributed by atoms with Crippen LogP contribution >= 0.6 is 11.6 Å². The number of carboxylic acid groups (broad SMARTS) is 1. The third-order valence-corrected chi connectivity index (χ3v) is 3.87. The monoisotopic (exact) mass is 385 g/mol. The van der Waals surface area contributed by atoms with E-state index in [1.54, 1.807) is 36.4 Å². The van der Waals surface area contributed by atoms with Crippen LogP contribution in [0.4, 0.5) is 0 Å². The molecule has 0 unspecified atom stereocenters. The quantitative estimate of drug-likeness (QED) is 0.687. The molecule has 2 rings (SSSR count). The van der Waals surface area contributed by atoms with Crippen molar-refractivity contribution >= 4 is 23.5 Å². The van der Waals surface area contributed by atoms with Gasteiger partial charge in [-0.15, -0.1) is 0 Å². The van der Waals surface area contributed by atoms with E-state index >= 15 is 0 Å². The van der Waals surface area contributed by atoms with Crippen molar-refractivity contribution in [3.8, 4) is 5.75 Å². The largest absolute Gasteiger partial charge is 1.00 e. The van der Waals surface area contributed by atoms with Crippen LogP contribution in [0.1, 0.15) is 31.2 Å². The molecule has 1 amide bonds. The van der Waals surface area contributed by atoms with Crippen LogP contribution in [0.15, 0.2) is 48.5 Å². The molecule has 2 aromatic rings. The molecule has 134 valence electrons. The molecule has 0 radical (unpaired) electrons. The smallest absolute Gasteiger partial charge is 1.00 e. The third kappa shape index (κ3) is 6.65. The first kappa shape index (κ1) is 22.5. The standard InChI is InChI=1S/C19H20ClNO4.Na.H/c1-19(2,18(23)24)25-16-9-3-13(4-10-16)11-12-21-17(22)14-5-7-15(20)8-6-14;;/h3-10H,11-12H2,1-2H3,(H,21,22)(H,23,24);;/q;+1;-1. The van der Waals surface area contributed by atoms with E-state index < -0.39 is 11.6 Å². The SMILES string of the molecule is CC(C)(Oc1ccc(CCNC(=O)c2ccc(Cl)cc2)cc1)C(=O)O.[H-].[Na+]. The van der Waals surface area contributed by atoms with Gasteiger partial charge in [-0.3, -0.25) is 4.79 Å². The predicted molar refractivity (Wildman–Crippen MR) is 97.4 cm³/mol. The summed E-state index contributed by atoms with van der Waals surface area (Å²) >= 11 is 5.80. The van der Waals surface area contributed by atoms with Crippen molar-refractivity contribution in [3.05, 3.63) is 64.7 Å². The number of amides is 1. The van der Waals surface area contributed by atoms with Gasteiger partial charge in [0, 0.05) is 17.1 Å². The van der Waals surface area contributed by atoms with Gasteiger partial charge in [-0.1, -0.05) is 23.7 Å². The first-order valence-corrected chi connectivity index (χ1v) is 8.21. The van der Waals surface area contributed by atoms with Gasteiger partial charge in [-0.05, 0) is 62.2 Å². The zero-order valence-electron chi connectivity index (χ0n) is 16.1. The number of hydrogen-bond acceptors (Lipinski definition) is 3. The molecule has 0 atom stereocenters. The zero-order chi connectivity index (χ0) is 18.4. The van der Waals surface area contributed by atoms with Gasteiger partial charge in [-0.25, -0.2) is 4.79 Å². The van der Waals surface area contributed by atoms with Crippen molar-refractivity contribution in [2.45, 2.75) is 25.9 Å². The van der Waals surface area contributed by atoms with Gasteiger partial charge in [0.05, 0.1) is 0 Å². The van der Waals surface area contributed by atoms with Crippen LogP contribution in [-0.4, -0.2) is 29.1 Å². The van der Waals surface area contributed by atoms with E-state index in [4.69, 9.17) is 21.4 Å². The topological polar surface area (TPSA) is 75.6 Å². The third-order valence-electron chi connectivity index (χ3n) is 3.62. The molecule has 0 heterocycles. The number of halogens is 1. The van der Waals surface area contributed by atoms with Crippen molar-refractivity contribution in [2.75, 3.05) is 6.54 Å². The van der Waals surface area contributed by atoms with Crippen LogP contribution in [-0.2, 0) is 11.2 Å². The first-order valence-electron chi connectivity index (χ1n) is 7.83. The molecule has 0 fully saturated rings. The van der Waals surface area contributed by atoms with Crippen LogP contribution in [0, 0.1) is 0 Å². The number of hydrogen-bond donors (Lipinski definition) is 2. The van der Waals surface area contributed by atoms with Crippen molar-refractivity contribution in [1.29, 1.82) is 0 Å². The van der Waals surface area contributed by atoms with E-state index in [9.17, 15) is 9.59 Å². The molecule has 26 heavy (non-hydrogen) atoms. The normalized spacial score (nSPS) is 10.6. The summed E-state index contributed by atoms with van der Waals surface area (Å²) in [4.78, 5) is 23.1. The summed E-state index contributed by atoms with van der Waals surface area (Å²) in [6.07, 6.45) is 0.655. The molecule has 0 aliphatic heterocycles. The maximum absolute atomic E-state index is 12.0. The van der Waals surface area contributed by atoms with Gasteiger partial charge in [0.2, 0.25) is 0 Å². The van der Waals surface area contributed by atoms with Gasteiger partial charge in [0.25, 0.3) is 5.91 Å². The fraction of sp³-hybridized carbons (Fsp3) is 0.263. The Morgan fingerprint density at radius 2 is 1.69 bits per heavy atom. The van der Waals surface area contributed by atoms with E-state index in [0.717, 1.165) is 5.56 Å². The predicted octanol–water partition coefficient (Wildman–Crippen LogP) is 0.671. The van der Waals surface area contributed by atoms with Crippen LogP contribution in [0.25, 0.3) is 0 Å². The number of rotatable bonds is 7. The molecule has 0 aliphatic rings. The van der Waals surface area contributed by atoms with Crippen molar-refractivity contribution in [2.24, 2.45) is 0 Å². The molecular formula is C19H21ClNNaO4. The summed E-state index contributed by atoms with van der Waals surface area (Å²) in [6.45, 7) is 3.48. The molecule has 2 N–H and O–H groups in total. The van der Waals surface area contributed by atoms with E-state index in [-0.39, 0.29) is 36.9 Å². The minimum atomic E-state index is -1.28. The molecule has 0 bridgehead atoms. The first-order chi connectivity index (χ1) is 11.8. The van der Waals surface area contributed by atoms with Gasteiger partial charge < -0.3 is 16.6 Å². The van der Waals surface area contributed by atoms with E-state index in [1.165, 1.54) is 13.8 Å². The summed E-state index contributed by atoms with van der Waals surface area (Å²) in [7, 11) is 0. The van der Waals surface area contributed by atoms with Crippen molar-refractivity contribution in [3.63, 3.8) is 0 Å². The average molecular weight is 386 g/mol. The Morgan fingerprint density at radius 1 is 1.12 bits per heavy atom. The molecule has 0 saturated heterocycles. The van der Waals surface area contributed by atoms with Crippen LogP contribution in [0.3, 0.4) is 0 Å². The van der Waals surface area contributed by atoms with Crippen molar-refractivity contribution in [1.82, 2.24) is 5.32 Å². The molecule has 5 nitrogen and oxygen atoms in total. The number of carboxylic acids is 1. The number of aliphatic carboxylic acids is 1. The van der Waals surface area contributed by atoms with Gasteiger partial charge in [-0.2, -0.15) is 0 Å². The fourth-order valence-corrected chi connectivity index (χ4v) is 2.21. The Balaban J connectivity index is 0.00000338. The van der Waals surface area contributed by atoms with Gasteiger partial charge in [0.15, 0.2) is 5.60 Å². The van der Waals surface area contributed by atoms with Gasteiger partial charge in [0.1, 0.15) is 5.75 Å². The maximum Gasteiger partial charge on any atom is 1.00 e. The van der Waals surface area contributed by atoms with E-state index in [1.807, 2.05) is 12.1 Å². The summed E-state index contributed by atoms with van der Waals surface area (Å²) in [5.41, 5.74) is 0.287. The second kappa shape index (κ2) is 9.97. The number of carbonyl (C=O) groups is 2. The second-order valence-electron chi connectivity index (χ2n) is 6.07.